The molecule has 0 amide bonds. The Bertz CT molecular complexity index is 438. The van der Waals surface area contributed by atoms with E-state index in [1.807, 2.05) is 30.3 Å². The SMILES string of the molecule is O=C(O)C1=CN(Nc2ccccc2)CC=C1. The first kappa shape index (κ1) is 10.3. The van der Waals surface area contributed by atoms with Gasteiger partial charge in [-0.3, -0.25) is 10.4 Å². The first-order valence-electron chi connectivity index (χ1n) is 4.96. The van der Waals surface area contributed by atoms with Crippen LogP contribution in [0, 0.1) is 0 Å². The number of aliphatic carboxylic acids is 1. The molecule has 0 fully saturated rings. The van der Waals surface area contributed by atoms with Crippen molar-refractivity contribution < 1.29 is 9.90 Å². The van der Waals surface area contributed by atoms with Gasteiger partial charge in [0.05, 0.1) is 17.8 Å². The van der Waals surface area contributed by atoms with Crippen molar-refractivity contribution in [2.24, 2.45) is 0 Å². The van der Waals surface area contributed by atoms with Gasteiger partial charge in [0.1, 0.15) is 0 Å². The van der Waals surface area contributed by atoms with Gasteiger partial charge in [0.2, 0.25) is 0 Å². The van der Waals surface area contributed by atoms with Crippen molar-refractivity contribution in [1.29, 1.82) is 0 Å². The summed E-state index contributed by atoms with van der Waals surface area (Å²) in [5.41, 5.74) is 4.31. The average Bonchev–Trinajstić information content (AvgIpc) is 2.30. The summed E-state index contributed by atoms with van der Waals surface area (Å²) in [5.74, 6) is -0.921. The summed E-state index contributed by atoms with van der Waals surface area (Å²) in [5, 5.41) is 10.6. The molecular weight excluding hydrogens is 204 g/mol. The van der Waals surface area contributed by atoms with E-state index in [-0.39, 0.29) is 5.57 Å². The van der Waals surface area contributed by atoms with Gasteiger partial charge in [0.25, 0.3) is 0 Å². The Morgan fingerprint density at radius 2 is 2.06 bits per heavy atom. The van der Waals surface area contributed by atoms with Crippen molar-refractivity contribution in [1.82, 2.24) is 5.01 Å². The number of nitrogens with zero attached hydrogens (tertiary/aromatic N) is 1. The zero-order chi connectivity index (χ0) is 11.4. The molecule has 4 heteroatoms. The average molecular weight is 216 g/mol. The van der Waals surface area contributed by atoms with Gasteiger partial charge in [-0.05, 0) is 18.2 Å². The molecule has 0 saturated heterocycles. The number of benzene rings is 1. The van der Waals surface area contributed by atoms with Crippen LogP contribution < -0.4 is 5.43 Å². The van der Waals surface area contributed by atoms with Gasteiger partial charge in [0, 0.05) is 6.20 Å². The minimum Gasteiger partial charge on any atom is -0.478 e. The molecule has 4 nitrogen and oxygen atoms in total. The molecule has 2 N–H and O–H groups in total. The maximum absolute atomic E-state index is 10.8. The molecule has 0 aromatic heterocycles. The lowest BCUT2D eigenvalue weighted by atomic mass is 10.2. The Hall–Kier alpha value is -2.23. The number of para-hydroxylation sites is 1. The molecule has 0 atom stereocenters. The second-order valence-corrected chi connectivity index (χ2v) is 3.42. The molecule has 1 aliphatic rings. The van der Waals surface area contributed by atoms with Gasteiger partial charge in [-0.15, -0.1) is 0 Å². The lowest BCUT2D eigenvalue weighted by Crippen LogP contribution is -2.27. The largest absolute Gasteiger partial charge is 0.478 e. The zero-order valence-electron chi connectivity index (χ0n) is 8.63. The van der Waals surface area contributed by atoms with Gasteiger partial charge in [-0.2, -0.15) is 0 Å². The van der Waals surface area contributed by atoms with E-state index in [9.17, 15) is 4.79 Å². The number of hydrazine groups is 1. The van der Waals surface area contributed by atoms with Crippen molar-refractivity contribution >= 4 is 11.7 Å². The minimum atomic E-state index is -0.921. The molecule has 0 spiro atoms. The van der Waals surface area contributed by atoms with Crippen molar-refractivity contribution in [3.63, 3.8) is 0 Å². The monoisotopic (exact) mass is 216 g/mol. The summed E-state index contributed by atoms with van der Waals surface area (Å²) in [7, 11) is 0. The highest BCUT2D eigenvalue weighted by atomic mass is 16.4. The summed E-state index contributed by atoms with van der Waals surface area (Å²) in [6, 6.07) is 9.62. The number of carbonyl (C=O) groups is 1. The van der Waals surface area contributed by atoms with Gasteiger partial charge < -0.3 is 5.11 Å². The van der Waals surface area contributed by atoms with E-state index in [1.165, 1.54) is 0 Å². The highest BCUT2D eigenvalue weighted by Gasteiger charge is 2.10. The van der Waals surface area contributed by atoms with Crippen LogP contribution in [0.4, 0.5) is 5.69 Å². The van der Waals surface area contributed by atoms with Crippen LogP contribution in [0.5, 0.6) is 0 Å². The lowest BCUT2D eigenvalue weighted by Gasteiger charge is -2.23. The molecule has 0 radical (unpaired) electrons. The van der Waals surface area contributed by atoms with Crippen molar-refractivity contribution in [3.05, 3.63) is 54.3 Å². The molecule has 82 valence electrons. The number of nitrogens with one attached hydrogen (secondary N) is 1. The highest BCUT2D eigenvalue weighted by Crippen LogP contribution is 2.11. The Balaban J connectivity index is 2.07. The fourth-order valence-corrected chi connectivity index (χ4v) is 1.44. The maximum Gasteiger partial charge on any atom is 0.337 e. The molecule has 1 aromatic carbocycles. The van der Waals surface area contributed by atoms with Crippen LogP contribution in [0.25, 0.3) is 0 Å². The van der Waals surface area contributed by atoms with Crippen LogP contribution in [0.1, 0.15) is 0 Å². The van der Waals surface area contributed by atoms with E-state index in [0.29, 0.717) is 6.54 Å². The van der Waals surface area contributed by atoms with Crippen molar-refractivity contribution in [3.8, 4) is 0 Å². The minimum absolute atomic E-state index is 0.273. The number of hydrogen-bond acceptors (Lipinski definition) is 3. The second kappa shape index (κ2) is 4.53. The number of rotatable bonds is 3. The predicted octanol–water partition coefficient (Wildman–Crippen LogP) is 1.85. The Kier molecular flexibility index (Phi) is 2.91. The Morgan fingerprint density at radius 3 is 2.75 bits per heavy atom. The van der Waals surface area contributed by atoms with Crippen LogP contribution in [-0.4, -0.2) is 22.6 Å². The molecular formula is C12H12N2O2. The van der Waals surface area contributed by atoms with E-state index in [4.69, 9.17) is 5.11 Å². The van der Waals surface area contributed by atoms with Crippen LogP contribution in [0.3, 0.4) is 0 Å². The predicted molar refractivity (Wildman–Crippen MR) is 61.6 cm³/mol. The van der Waals surface area contributed by atoms with E-state index < -0.39 is 5.97 Å². The number of hydrogen-bond donors (Lipinski definition) is 2. The fraction of sp³-hybridized carbons (Fsp3) is 0.0833. The third kappa shape index (κ3) is 2.42. The summed E-state index contributed by atoms with van der Waals surface area (Å²) in [4.78, 5) is 10.8. The van der Waals surface area contributed by atoms with Crippen molar-refractivity contribution in [2.75, 3.05) is 12.0 Å². The molecule has 1 aliphatic heterocycles. The van der Waals surface area contributed by atoms with E-state index in [1.54, 1.807) is 23.4 Å². The van der Waals surface area contributed by atoms with Gasteiger partial charge in [0.15, 0.2) is 0 Å². The third-order valence-corrected chi connectivity index (χ3v) is 2.19. The maximum atomic E-state index is 10.8. The third-order valence-electron chi connectivity index (χ3n) is 2.19. The molecule has 1 aromatic rings. The standard InChI is InChI=1S/C12H12N2O2/c15-12(16)10-5-4-8-14(9-10)13-11-6-2-1-3-7-11/h1-7,9,13H,8H2,(H,15,16). The first-order chi connectivity index (χ1) is 7.75. The molecule has 0 aliphatic carbocycles. The van der Waals surface area contributed by atoms with Crippen LogP contribution in [-0.2, 0) is 4.79 Å². The molecule has 2 rings (SSSR count). The van der Waals surface area contributed by atoms with Gasteiger partial charge >= 0.3 is 5.97 Å². The van der Waals surface area contributed by atoms with E-state index in [0.717, 1.165) is 5.69 Å². The zero-order valence-corrected chi connectivity index (χ0v) is 8.63. The molecule has 16 heavy (non-hydrogen) atoms. The van der Waals surface area contributed by atoms with Crippen molar-refractivity contribution in [2.45, 2.75) is 0 Å². The van der Waals surface area contributed by atoms with Crippen LogP contribution >= 0.6 is 0 Å². The van der Waals surface area contributed by atoms with E-state index in [2.05, 4.69) is 5.43 Å². The Labute approximate surface area is 93.5 Å². The number of anilines is 1. The molecule has 0 saturated carbocycles. The second-order valence-electron chi connectivity index (χ2n) is 3.42. The fourth-order valence-electron chi connectivity index (χ4n) is 1.44. The van der Waals surface area contributed by atoms with Crippen LogP contribution in [0.15, 0.2) is 54.3 Å². The van der Waals surface area contributed by atoms with Gasteiger partial charge in [-0.1, -0.05) is 24.3 Å². The quantitative estimate of drug-likeness (QED) is 0.809. The summed E-state index contributed by atoms with van der Waals surface area (Å²) in [6.45, 7) is 0.645. The summed E-state index contributed by atoms with van der Waals surface area (Å²) < 4.78 is 0. The van der Waals surface area contributed by atoms with Crippen LogP contribution in [0.2, 0.25) is 0 Å². The first-order valence-corrected chi connectivity index (χ1v) is 4.96. The van der Waals surface area contributed by atoms with Gasteiger partial charge in [-0.25, -0.2) is 4.79 Å². The molecule has 0 unspecified atom stereocenters. The topological polar surface area (TPSA) is 52.6 Å². The highest BCUT2D eigenvalue weighted by molar-refractivity contribution is 5.89. The Morgan fingerprint density at radius 1 is 1.31 bits per heavy atom. The molecule has 1 heterocycles. The van der Waals surface area contributed by atoms with E-state index >= 15 is 0 Å². The number of carboxylic acids is 1. The normalized spacial score (nSPS) is 14.5. The molecule has 0 bridgehead atoms. The summed E-state index contributed by atoms with van der Waals surface area (Å²) >= 11 is 0. The smallest absolute Gasteiger partial charge is 0.337 e. The summed E-state index contributed by atoms with van der Waals surface area (Å²) in [6.07, 6.45) is 4.99. The lowest BCUT2D eigenvalue weighted by molar-refractivity contribution is -0.132. The number of carboxylic acid groups (broad SMARTS) is 1.